The molecule has 1 saturated heterocycles. The van der Waals surface area contributed by atoms with E-state index in [1.807, 2.05) is 75.0 Å². The normalized spacial score (nSPS) is 16.9. The number of rotatable bonds is 7. The maximum atomic E-state index is 12.4. The average molecular weight is 591 g/mol. The van der Waals surface area contributed by atoms with Crippen molar-refractivity contribution in [2.75, 3.05) is 36.9 Å². The Labute approximate surface area is 251 Å². The van der Waals surface area contributed by atoms with E-state index >= 15 is 0 Å². The summed E-state index contributed by atoms with van der Waals surface area (Å²) >= 11 is 5.73. The summed E-state index contributed by atoms with van der Waals surface area (Å²) in [6, 6.07) is 11.8. The van der Waals surface area contributed by atoms with Crippen LogP contribution in [0.2, 0.25) is 0 Å². The van der Waals surface area contributed by atoms with Gasteiger partial charge >= 0.3 is 6.09 Å². The molecule has 3 heterocycles. The lowest BCUT2D eigenvalue weighted by Gasteiger charge is -2.42. The molecule has 12 heteroatoms. The van der Waals surface area contributed by atoms with E-state index in [0.717, 1.165) is 28.9 Å². The summed E-state index contributed by atoms with van der Waals surface area (Å²) in [5.74, 6) is 0.966. The highest BCUT2D eigenvalue weighted by molar-refractivity contribution is 7.80. The topological polar surface area (TPSA) is 128 Å². The van der Waals surface area contributed by atoms with Gasteiger partial charge in [-0.15, -0.1) is 0 Å². The quantitative estimate of drug-likeness (QED) is 0.386. The van der Waals surface area contributed by atoms with Crippen molar-refractivity contribution in [3.8, 4) is 6.07 Å². The number of nitriles is 1. The number of carbonyl (C=O) groups excluding carboxylic acids is 2. The molecule has 1 aliphatic heterocycles. The predicted molar refractivity (Wildman–Crippen MR) is 166 cm³/mol. The number of anilines is 2. The fourth-order valence-electron chi connectivity index (χ4n) is 5.06. The van der Waals surface area contributed by atoms with Crippen molar-refractivity contribution in [2.45, 2.75) is 58.6 Å². The molecule has 2 atom stereocenters. The van der Waals surface area contributed by atoms with Crippen LogP contribution in [0.1, 0.15) is 46.1 Å². The first-order valence-corrected chi connectivity index (χ1v) is 14.4. The molecule has 222 valence electrons. The molecule has 0 radical (unpaired) electrons. The van der Waals surface area contributed by atoms with E-state index in [4.69, 9.17) is 22.2 Å². The molecule has 1 fully saturated rings. The van der Waals surface area contributed by atoms with E-state index in [1.54, 1.807) is 4.90 Å². The van der Waals surface area contributed by atoms with Crippen molar-refractivity contribution in [3.05, 3.63) is 48.4 Å². The van der Waals surface area contributed by atoms with Gasteiger partial charge in [-0.2, -0.15) is 5.26 Å². The molecule has 11 nitrogen and oxygen atoms in total. The summed E-state index contributed by atoms with van der Waals surface area (Å²) in [5, 5.41) is 16.3. The second kappa shape index (κ2) is 13.2. The lowest BCUT2D eigenvalue weighted by atomic mass is 9.92. The third-order valence-corrected chi connectivity index (χ3v) is 7.60. The smallest absolute Gasteiger partial charge is 0.407 e. The van der Waals surface area contributed by atoms with Crippen LogP contribution in [0.4, 0.5) is 16.3 Å². The summed E-state index contributed by atoms with van der Waals surface area (Å²) < 4.78 is 7.08. The van der Waals surface area contributed by atoms with E-state index < -0.39 is 11.7 Å². The number of carbonyl (C=O) groups is 2. The lowest BCUT2D eigenvalue weighted by Crippen LogP contribution is -2.52. The van der Waals surface area contributed by atoms with Gasteiger partial charge in [0, 0.05) is 38.6 Å². The van der Waals surface area contributed by atoms with Gasteiger partial charge in [0.25, 0.3) is 0 Å². The van der Waals surface area contributed by atoms with Crippen molar-refractivity contribution in [1.82, 2.24) is 24.8 Å². The average Bonchev–Trinajstić information content (AvgIpc) is 3.38. The van der Waals surface area contributed by atoms with Crippen molar-refractivity contribution in [2.24, 2.45) is 5.92 Å². The van der Waals surface area contributed by atoms with E-state index in [2.05, 4.69) is 32.4 Å². The summed E-state index contributed by atoms with van der Waals surface area (Å²) in [6.07, 6.45) is 4.39. The summed E-state index contributed by atoms with van der Waals surface area (Å²) in [7, 11) is 1.99. The van der Waals surface area contributed by atoms with Crippen LogP contribution in [0, 0.1) is 17.2 Å². The fraction of sp³-hybridized carbons (Fsp3) is 0.467. The van der Waals surface area contributed by atoms with Crippen LogP contribution in [0.3, 0.4) is 0 Å². The van der Waals surface area contributed by atoms with Crippen LogP contribution in [0.15, 0.2) is 42.9 Å². The third kappa shape index (κ3) is 7.53. The van der Waals surface area contributed by atoms with Crippen molar-refractivity contribution < 1.29 is 14.3 Å². The number of piperidine rings is 1. The van der Waals surface area contributed by atoms with Crippen LogP contribution < -0.4 is 15.5 Å². The maximum Gasteiger partial charge on any atom is 0.407 e. The number of nitrogens with one attached hydrogen (secondary N) is 2. The van der Waals surface area contributed by atoms with Gasteiger partial charge in [0.2, 0.25) is 5.91 Å². The van der Waals surface area contributed by atoms with Crippen molar-refractivity contribution in [3.63, 3.8) is 0 Å². The number of ether oxygens (including phenoxy) is 1. The third-order valence-electron chi connectivity index (χ3n) is 7.30. The van der Waals surface area contributed by atoms with Gasteiger partial charge in [-0.3, -0.25) is 9.36 Å². The predicted octanol–water partition coefficient (Wildman–Crippen LogP) is 4.33. The molecule has 0 spiro atoms. The van der Waals surface area contributed by atoms with Gasteiger partial charge in [0.15, 0.2) is 10.8 Å². The number of aromatic nitrogens is 3. The molecule has 0 aliphatic carbocycles. The maximum absolute atomic E-state index is 12.4. The van der Waals surface area contributed by atoms with Crippen LogP contribution in [-0.2, 0) is 16.0 Å². The van der Waals surface area contributed by atoms with Gasteiger partial charge in [-0.25, -0.2) is 14.8 Å². The molecule has 3 aromatic rings. The Hall–Kier alpha value is -4.24. The summed E-state index contributed by atoms with van der Waals surface area (Å²) in [5.41, 5.74) is 2.05. The number of nitrogens with zero attached hydrogens (tertiary/aromatic N) is 6. The Balaban J connectivity index is 1.41. The lowest BCUT2D eigenvalue weighted by molar-refractivity contribution is -0.131. The molecule has 4 rings (SSSR count). The van der Waals surface area contributed by atoms with Gasteiger partial charge < -0.3 is 25.2 Å². The Kier molecular flexibility index (Phi) is 9.63. The molecule has 1 aliphatic rings. The largest absolute Gasteiger partial charge is 0.444 e. The summed E-state index contributed by atoms with van der Waals surface area (Å²) in [6.45, 7) is 9.35. The number of alkyl carbamates (subject to hydrolysis) is 1. The van der Waals surface area contributed by atoms with Crippen LogP contribution in [0.25, 0.3) is 11.0 Å². The Morgan fingerprint density at radius 2 is 1.95 bits per heavy atom. The number of hydrogen-bond donors (Lipinski definition) is 2. The number of thiocarbonyl (C=S) groups is 1. The highest BCUT2D eigenvalue weighted by Gasteiger charge is 2.32. The number of likely N-dealkylation sites (N-methyl/N-ethyl adjacent to an activating group) is 1. The van der Waals surface area contributed by atoms with E-state index in [9.17, 15) is 9.59 Å². The SMILES string of the molecule is C[C@@H]1CCN(C(=O)CC#N)C[C@@H]1N(C)c1ncnc2c1ccn2C(=S)Nc1ccc(CCNC(=O)OC(C)(C)C)cc1. The number of likely N-dealkylation sites (tertiary alicyclic amines) is 1. The molecule has 42 heavy (non-hydrogen) atoms. The number of amides is 2. The zero-order valence-corrected chi connectivity index (χ0v) is 25.6. The van der Waals surface area contributed by atoms with Crippen LogP contribution >= 0.6 is 12.2 Å². The monoisotopic (exact) mass is 590 g/mol. The standard InChI is InChI=1S/C30H38N8O3S/c1-20-12-16-37(25(39)10-14-31)18-24(20)36(5)26-23-13-17-38(27(23)34-19-33-26)28(42)35-22-8-6-21(7-9-22)11-15-32-29(40)41-30(2,3)4/h6-9,13,17,19-20,24H,10-12,15-16,18H2,1-5H3,(H,32,40)(H,35,42)/t20-,24+/m1/s1. The Morgan fingerprint density at radius 3 is 2.64 bits per heavy atom. The summed E-state index contributed by atoms with van der Waals surface area (Å²) in [4.78, 5) is 37.2. The minimum Gasteiger partial charge on any atom is -0.444 e. The minimum atomic E-state index is -0.527. The number of fused-ring (bicyclic) bond motifs is 1. The molecule has 0 unspecified atom stereocenters. The van der Waals surface area contributed by atoms with Gasteiger partial charge in [-0.1, -0.05) is 19.1 Å². The Morgan fingerprint density at radius 1 is 1.21 bits per heavy atom. The molecular weight excluding hydrogens is 552 g/mol. The molecule has 1 aromatic carbocycles. The zero-order chi connectivity index (χ0) is 30.4. The van der Waals surface area contributed by atoms with Gasteiger partial charge in [-0.05, 0) is 75.5 Å². The van der Waals surface area contributed by atoms with Gasteiger partial charge in [0.1, 0.15) is 24.2 Å². The first kappa shape index (κ1) is 30.7. The molecule has 0 saturated carbocycles. The fourth-order valence-corrected chi connectivity index (χ4v) is 5.33. The van der Waals surface area contributed by atoms with E-state index in [0.29, 0.717) is 42.7 Å². The first-order valence-electron chi connectivity index (χ1n) is 14.0. The highest BCUT2D eigenvalue weighted by atomic mass is 32.1. The second-order valence-corrected chi connectivity index (χ2v) is 11.9. The van der Waals surface area contributed by atoms with E-state index in [1.165, 1.54) is 6.33 Å². The number of benzene rings is 1. The highest BCUT2D eigenvalue weighted by Crippen LogP contribution is 2.30. The zero-order valence-electron chi connectivity index (χ0n) is 24.8. The van der Waals surface area contributed by atoms with E-state index in [-0.39, 0.29) is 18.4 Å². The van der Waals surface area contributed by atoms with Crippen LogP contribution in [0.5, 0.6) is 0 Å². The molecule has 2 aromatic heterocycles. The molecule has 2 N–H and O–H groups in total. The second-order valence-electron chi connectivity index (χ2n) is 11.5. The van der Waals surface area contributed by atoms with Crippen molar-refractivity contribution in [1.29, 1.82) is 5.26 Å². The van der Waals surface area contributed by atoms with Crippen LogP contribution in [-0.4, -0.2) is 74.9 Å². The van der Waals surface area contributed by atoms with Gasteiger partial charge in [0.05, 0.1) is 17.5 Å². The number of hydrogen-bond acceptors (Lipinski definition) is 8. The van der Waals surface area contributed by atoms with Crippen molar-refractivity contribution >= 4 is 51.9 Å². The molecule has 2 amide bonds. The minimum absolute atomic E-state index is 0.0470. The molecular formula is C30H38N8O3S. The Bertz CT molecular complexity index is 1470. The first-order chi connectivity index (χ1) is 20.0. The molecule has 0 bridgehead atoms.